The number of carbonyl (C=O) groups excluding carboxylic acids is 1. The zero-order valence-corrected chi connectivity index (χ0v) is 10.9. The Labute approximate surface area is 113 Å². The Kier molecular flexibility index (Phi) is 3.52. The predicted molar refractivity (Wildman–Crippen MR) is 64.0 cm³/mol. The molecule has 98 valence electrons. The lowest BCUT2D eigenvalue weighted by molar-refractivity contribution is -0.149. The maximum Gasteiger partial charge on any atom is 0.303 e. The van der Waals surface area contributed by atoms with Gasteiger partial charge in [0.25, 0.3) is 5.92 Å². The van der Waals surface area contributed by atoms with Crippen molar-refractivity contribution < 1.29 is 18.3 Å². The van der Waals surface area contributed by atoms with Gasteiger partial charge in [0.2, 0.25) is 0 Å². The van der Waals surface area contributed by atoms with Crippen LogP contribution >= 0.6 is 23.2 Å². The summed E-state index contributed by atoms with van der Waals surface area (Å²) in [7, 11) is 0. The van der Waals surface area contributed by atoms with E-state index in [0.29, 0.717) is 10.6 Å². The maximum absolute atomic E-state index is 13.1. The quantitative estimate of drug-likeness (QED) is 0.779. The zero-order valence-electron chi connectivity index (χ0n) is 9.42. The average Bonchev–Trinajstić information content (AvgIpc) is 2.84. The van der Waals surface area contributed by atoms with Crippen LogP contribution in [0.15, 0.2) is 18.2 Å². The third kappa shape index (κ3) is 2.75. The molecular weight excluding hydrogens is 285 g/mol. The molecule has 1 aliphatic rings. The average molecular weight is 295 g/mol. The number of ether oxygens (including phenoxy) is 1. The number of alkyl halides is 2. The summed E-state index contributed by atoms with van der Waals surface area (Å²) in [4.78, 5) is 11.0. The van der Waals surface area contributed by atoms with Gasteiger partial charge in [-0.2, -0.15) is 0 Å². The molecule has 1 fully saturated rings. The zero-order chi connectivity index (χ0) is 13.5. The monoisotopic (exact) mass is 294 g/mol. The van der Waals surface area contributed by atoms with Gasteiger partial charge >= 0.3 is 5.97 Å². The third-order valence-corrected chi connectivity index (χ3v) is 3.36. The molecule has 2 nitrogen and oxygen atoms in total. The van der Waals surface area contributed by atoms with Crippen molar-refractivity contribution in [1.82, 2.24) is 0 Å². The van der Waals surface area contributed by atoms with Crippen LogP contribution in [0.5, 0.6) is 0 Å². The van der Waals surface area contributed by atoms with E-state index < -0.39 is 23.9 Å². The van der Waals surface area contributed by atoms with Crippen LogP contribution in [0.4, 0.5) is 8.78 Å². The second kappa shape index (κ2) is 4.67. The molecule has 0 heterocycles. The van der Waals surface area contributed by atoms with E-state index in [-0.39, 0.29) is 11.4 Å². The van der Waals surface area contributed by atoms with Crippen molar-refractivity contribution in [1.29, 1.82) is 0 Å². The topological polar surface area (TPSA) is 26.3 Å². The lowest BCUT2D eigenvalue weighted by Gasteiger charge is -2.18. The summed E-state index contributed by atoms with van der Waals surface area (Å²) in [5, 5.41) is 0.615. The molecule has 1 aliphatic carbocycles. The van der Waals surface area contributed by atoms with Gasteiger partial charge in [-0.05, 0) is 12.1 Å². The van der Waals surface area contributed by atoms with Crippen molar-refractivity contribution in [3.63, 3.8) is 0 Å². The Morgan fingerprint density at radius 3 is 2.56 bits per heavy atom. The molecule has 2 rings (SSSR count). The first-order chi connectivity index (χ1) is 8.31. The molecule has 0 N–H and O–H groups in total. The van der Waals surface area contributed by atoms with E-state index in [4.69, 9.17) is 27.9 Å². The number of hydrogen-bond acceptors (Lipinski definition) is 2. The molecule has 2 atom stereocenters. The molecule has 1 aromatic rings. The Hall–Kier alpha value is -0.870. The molecule has 1 saturated carbocycles. The molecule has 2 unspecified atom stereocenters. The molecule has 0 amide bonds. The van der Waals surface area contributed by atoms with E-state index in [1.54, 1.807) is 0 Å². The predicted octanol–water partition coefficient (Wildman–Crippen LogP) is 4.25. The smallest absolute Gasteiger partial charge is 0.303 e. The number of esters is 1. The highest BCUT2D eigenvalue weighted by molar-refractivity contribution is 6.35. The Balaban J connectivity index is 2.31. The maximum atomic E-state index is 13.1. The van der Waals surface area contributed by atoms with Gasteiger partial charge in [0.1, 0.15) is 6.10 Å². The number of carbonyl (C=O) groups is 1. The van der Waals surface area contributed by atoms with E-state index >= 15 is 0 Å². The lowest BCUT2D eigenvalue weighted by Crippen LogP contribution is -2.14. The Morgan fingerprint density at radius 2 is 2.11 bits per heavy atom. The second-order valence-corrected chi connectivity index (χ2v) is 5.11. The van der Waals surface area contributed by atoms with Crippen molar-refractivity contribution in [3.05, 3.63) is 33.8 Å². The van der Waals surface area contributed by atoms with E-state index in [9.17, 15) is 13.6 Å². The van der Waals surface area contributed by atoms with Crippen LogP contribution in [-0.2, 0) is 9.53 Å². The van der Waals surface area contributed by atoms with Crippen LogP contribution < -0.4 is 0 Å². The van der Waals surface area contributed by atoms with Gasteiger partial charge in [0, 0.05) is 29.0 Å². The fraction of sp³-hybridized carbons (Fsp3) is 0.417. The summed E-state index contributed by atoms with van der Waals surface area (Å²) in [6.45, 7) is 1.18. The van der Waals surface area contributed by atoms with Crippen LogP contribution in [0.1, 0.15) is 25.0 Å². The van der Waals surface area contributed by atoms with Crippen LogP contribution in [-0.4, -0.2) is 11.9 Å². The minimum absolute atomic E-state index is 0.219. The summed E-state index contributed by atoms with van der Waals surface area (Å²) in [6, 6.07) is 4.47. The Bertz CT molecular complexity index is 491. The first-order valence-electron chi connectivity index (χ1n) is 5.31. The number of hydrogen-bond donors (Lipinski definition) is 0. The van der Waals surface area contributed by atoms with Crippen molar-refractivity contribution in [2.45, 2.75) is 25.4 Å². The van der Waals surface area contributed by atoms with E-state index in [1.807, 2.05) is 0 Å². The fourth-order valence-corrected chi connectivity index (χ4v) is 2.35. The molecule has 0 bridgehead atoms. The van der Waals surface area contributed by atoms with Gasteiger partial charge in [0.15, 0.2) is 0 Å². The van der Waals surface area contributed by atoms with Crippen LogP contribution in [0.2, 0.25) is 10.0 Å². The van der Waals surface area contributed by atoms with Crippen molar-refractivity contribution >= 4 is 29.2 Å². The summed E-state index contributed by atoms with van der Waals surface area (Å²) in [5.41, 5.74) is 0.360. The molecule has 0 saturated heterocycles. The number of halogens is 4. The largest absolute Gasteiger partial charge is 0.457 e. The SMILES string of the molecule is CC(=O)OC(c1ccc(Cl)cc1Cl)C1CC1(F)F. The standard InChI is InChI=1S/C12H10Cl2F2O2/c1-6(17)18-11(9-5-12(9,15)16)8-3-2-7(13)4-10(8)14/h2-4,9,11H,5H2,1H3. The van der Waals surface area contributed by atoms with Gasteiger partial charge < -0.3 is 4.74 Å². The number of rotatable bonds is 3. The minimum Gasteiger partial charge on any atom is -0.457 e. The second-order valence-electron chi connectivity index (χ2n) is 4.27. The lowest BCUT2D eigenvalue weighted by atomic mass is 10.0. The van der Waals surface area contributed by atoms with Gasteiger partial charge in [-0.3, -0.25) is 4.79 Å². The van der Waals surface area contributed by atoms with Gasteiger partial charge in [-0.15, -0.1) is 0 Å². The number of benzene rings is 1. The van der Waals surface area contributed by atoms with E-state index in [2.05, 4.69) is 0 Å². The van der Waals surface area contributed by atoms with Crippen molar-refractivity contribution in [3.8, 4) is 0 Å². The van der Waals surface area contributed by atoms with E-state index in [1.165, 1.54) is 25.1 Å². The molecule has 0 spiro atoms. The van der Waals surface area contributed by atoms with Crippen LogP contribution in [0, 0.1) is 5.92 Å². The molecule has 0 radical (unpaired) electrons. The molecule has 0 aliphatic heterocycles. The van der Waals surface area contributed by atoms with Crippen molar-refractivity contribution in [2.24, 2.45) is 5.92 Å². The van der Waals surface area contributed by atoms with Gasteiger partial charge in [-0.1, -0.05) is 29.3 Å². The minimum atomic E-state index is -2.80. The van der Waals surface area contributed by atoms with Crippen molar-refractivity contribution in [2.75, 3.05) is 0 Å². The highest BCUT2D eigenvalue weighted by Gasteiger charge is 2.62. The van der Waals surface area contributed by atoms with Gasteiger partial charge in [0.05, 0.1) is 5.92 Å². The molecule has 6 heteroatoms. The summed E-state index contributed by atoms with van der Waals surface area (Å²) in [6.07, 6.45) is -1.33. The molecule has 0 aromatic heterocycles. The Morgan fingerprint density at radius 1 is 1.50 bits per heavy atom. The summed E-state index contributed by atoms with van der Waals surface area (Å²) >= 11 is 11.7. The fourth-order valence-electron chi connectivity index (χ4n) is 1.84. The molecule has 1 aromatic carbocycles. The summed E-state index contributed by atoms with van der Waals surface area (Å²) in [5.74, 6) is -4.43. The van der Waals surface area contributed by atoms with E-state index in [0.717, 1.165) is 0 Å². The first kappa shape index (κ1) is 13.6. The van der Waals surface area contributed by atoms with Gasteiger partial charge in [-0.25, -0.2) is 8.78 Å². The van der Waals surface area contributed by atoms with Crippen LogP contribution in [0.25, 0.3) is 0 Å². The highest BCUT2D eigenvalue weighted by Crippen LogP contribution is 2.57. The normalized spacial score (nSPS) is 22.4. The third-order valence-electron chi connectivity index (χ3n) is 2.80. The molecule has 18 heavy (non-hydrogen) atoms. The molecular formula is C12H10Cl2F2O2. The highest BCUT2D eigenvalue weighted by atomic mass is 35.5. The summed E-state index contributed by atoms with van der Waals surface area (Å²) < 4.78 is 31.2. The first-order valence-corrected chi connectivity index (χ1v) is 6.07. The van der Waals surface area contributed by atoms with Crippen LogP contribution in [0.3, 0.4) is 0 Å².